The zero-order valence-electron chi connectivity index (χ0n) is 10.6. The van der Waals surface area contributed by atoms with Gasteiger partial charge in [-0.3, -0.25) is 4.21 Å². The average molecular weight is 412 g/mol. The molecule has 1 aromatic heterocycles. The zero-order valence-corrected chi connectivity index (χ0v) is 14.4. The van der Waals surface area contributed by atoms with Crippen LogP contribution in [-0.4, -0.2) is 25.3 Å². The Labute approximate surface area is 132 Å². The van der Waals surface area contributed by atoms with Gasteiger partial charge in [-0.1, -0.05) is 6.92 Å². The lowest BCUT2D eigenvalue weighted by Gasteiger charge is -2.09. The molecule has 104 valence electrons. The molecule has 3 nitrogen and oxygen atoms in total. The molecule has 1 heterocycles. The number of rotatable bonds is 4. The molecule has 1 N–H and O–H groups in total. The minimum absolute atomic E-state index is 0.0977. The largest absolute Gasteiger partial charge is 0.331 e. The molecule has 2 rings (SSSR count). The van der Waals surface area contributed by atoms with Crippen molar-refractivity contribution in [1.82, 2.24) is 9.55 Å². The normalized spacial score (nSPS) is 14.7. The minimum Gasteiger partial charge on any atom is -0.331 e. The summed E-state index contributed by atoms with van der Waals surface area (Å²) in [6.07, 6.45) is 2.44. The molecule has 0 aliphatic heterocycles. The maximum atomic E-state index is 13.6. The van der Waals surface area contributed by atoms with Gasteiger partial charge >= 0.3 is 0 Å². The first-order valence-electron chi connectivity index (χ1n) is 5.80. The van der Waals surface area contributed by atoms with E-state index in [4.69, 9.17) is 12.2 Å². The number of halogens is 2. The molecule has 2 aromatic rings. The van der Waals surface area contributed by atoms with E-state index in [1.165, 1.54) is 6.07 Å². The van der Waals surface area contributed by atoms with Gasteiger partial charge in [0.05, 0.1) is 14.6 Å². The van der Waals surface area contributed by atoms with Crippen LogP contribution < -0.4 is 0 Å². The first-order valence-corrected chi connectivity index (χ1v) is 8.90. The summed E-state index contributed by atoms with van der Waals surface area (Å²) >= 11 is 7.22. The standard InChI is InChI=1S/C12H14FIN2OS2/c1-7(19(2)17)3-4-16-11-5-8(13)9(14)6-10(11)15-12(16)18/h5-7H,3-4H2,1-2H3,(H,15,18). The van der Waals surface area contributed by atoms with Crippen molar-refractivity contribution in [3.05, 3.63) is 26.3 Å². The predicted molar refractivity (Wildman–Crippen MR) is 87.9 cm³/mol. The smallest absolute Gasteiger partial charge is 0.178 e. The highest BCUT2D eigenvalue weighted by molar-refractivity contribution is 14.1. The maximum absolute atomic E-state index is 13.6. The van der Waals surface area contributed by atoms with Crippen LogP contribution in [-0.2, 0) is 17.3 Å². The van der Waals surface area contributed by atoms with Crippen molar-refractivity contribution in [2.75, 3.05) is 6.26 Å². The Morgan fingerprint density at radius 2 is 2.26 bits per heavy atom. The Bertz CT molecular complexity index is 695. The van der Waals surface area contributed by atoms with Crippen LogP contribution in [0.4, 0.5) is 4.39 Å². The molecule has 0 saturated carbocycles. The van der Waals surface area contributed by atoms with Crippen molar-refractivity contribution in [3.63, 3.8) is 0 Å². The van der Waals surface area contributed by atoms with E-state index in [2.05, 4.69) is 4.98 Å². The SMILES string of the molecule is CC(CCn1c(=S)[nH]c2cc(I)c(F)cc21)S(C)=O. The highest BCUT2D eigenvalue weighted by Gasteiger charge is 2.11. The van der Waals surface area contributed by atoms with Gasteiger partial charge in [-0.15, -0.1) is 0 Å². The van der Waals surface area contributed by atoms with Crippen molar-refractivity contribution >= 4 is 56.6 Å². The summed E-state index contributed by atoms with van der Waals surface area (Å²) in [5.74, 6) is -0.247. The third-order valence-electron chi connectivity index (χ3n) is 3.14. The first-order chi connectivity index (χ1) is 8.90. The second-order valence-corrected chi connectivity index (χ2v) is 7.81. The number of hydrogen-bond acceptors (Lipinski definition) is 2. The molecule has 19 heavy (non-hydrogen) atoms. The molecular weight excluding hydrogens is 398 g/mol. The molecule has 7 heteroatoms. The highest BCUT2D eigenvalue weighted by Crippen LogP contribution is 2.21. The number of nitrogens with zero attached hydrogens (tertiary/aromatic N) is 1. The van der Waals surface area contributed by atoms with Crippen LogP contribution in [0.5, 0.6) is 0 Å². The Morgan fingerprint density at radius 1 is 1.58 bits per heavy atom. The molecule has 0 radical (unpaired) electrons. The fraction of sp³-hybridized carbons (Fsp3) is 0.417. The van der Waals surface area contributed by atoms with Gasteiger partial charge in [0, 0.05) is 34.9 Å². The summed E-state index contributed by atoms with van der Waals surface area (Å²) in [5.41, 5.74) is 1.60. The van der Waals surface area contributed by atoms with Gasteiger partial charge in [0.25, 0.3) is 0 Å². The predicted octanol–water partition coefficient (Wildman–Crippen LogP) is 3.60. The molecule has 0 spiro atoms. The fourth-order valence-electron chi connectivity index (χ4n) is 1.85. The second-order valence-electron chi connectivity index (χ2n) is 4.46. The Balaban J connectivity index is 2.38. The third kappa shape index (κ3) is 3.25. The van der Waals surface area contributed by atoms with E-state index in [0.717, 1.165) is 17.5 Å². The van der Waals surface area contributed by atoms with E-state index in [1.54, 1.807) is 12.3 Å². The van der Waals surface area contributed by atoms with Crippen LogP contribution in [0.1, 0.15) is 13.3 Å². The molecule has 2 unspecified atom stereocenters. The van der Waals surface area contributed by atoms with E-state index in [0.29, 0.717) is 14.9 Å². The summed E-state index contributed by atoms with van der Waals surface area (Å²) in [4.78, 5) is 3.08. The first kappa shape index (κ1) is 15.1. The van der Waals surface area contributed by atoms with Gasteiger partial charge in [-0.25, -0.2) is 4.39 Å². The lowest BCUT2D eigenvalue weighted by molar-refractivity contribution is 0.612. The van der Waals surface area contributed by atoms with Crippen LogP contribution in [0.3, 0.4) is 0 Å². The van der Waals surface area contributed by atoms with Gasteiger partial charge in [-0.2, -0.15) is 0 Å². The number of imidazole rings is 1. The summed E-state index contributed by atoms with van der Waals surface area (Å²) in [7, 11) is -0.853. The second kappa shape index (κ2) is 6.01. The van der Waals surface area contributed by atoms with Gasteiger partial charge in [-0.05, 0) is 47.3 Å². The Kier molecular flexibility index (Phi) is 4.78. The zero-order chi connectivity index (χ0) is 14.2. The van der Waals surface area contributed by atoms with E-state index in [-0.39, 0.29) is 11.1 Å². The van der Waals surface area contributed by atoms with Crippen molar-refractivity contribution < 1.29 is 8.60 Å². The average Bonchev–Trinajstić information content (AvgIpc) is 2.62. The molecule has 0 amide bonds. The molecule has 0 aliphatic rings. The van der Waals surface area contributed by atoms with Crippen molar-refractivity contribution in [2.24, 2.45) is 0 Å². The highest BCUT2D eigenvalue weighted by atomic mass is 127. The molecule has 0 aliphatic carbocycles. The van der Waals surface area contributed by atoms with Crippen molar-refractivity contribution in [3.8, 4) is 0 Å². The number of hydrogen-bond donors (Lipinski definition) is 1. The van der Waals surface area contributed by atoms with Gasteiger partial charge in [0.15, 0.2) is 4.77 Å². The Morgan fingerprint density at radius 3 is 2.89 bits per heavy atom. The van der Waals surface area contributed by atoms with Gasteiger partial charge in [0.1, 0.15) is 5.82 Å². The minimum atomic E-state index is -0.853. The molecule has 0 saturated heterocycles. The van der Waals surface area contributed by atoms with E-state index in [1.807, 2.05) is 34.1 Å². The number of aromatic amines is 1. The Hall–Kier alpha value is -0.280. The lowest BCUT2D eigenvalue weighted by atomic mass is 10.3. The van der Waals surface area contributed by atoms with Crippen molar-refractivity contribution in [2.45, 2.75) is 25.1 Å². The molecule has 0 fully saturated rings. The summed E-state index contributed by atoms with van der Waals surface area (Å²) in [6, 6.07) is 3.25. The monoisotopic (exact) mass is 412 g/mol. The van der Waals surface area contributed by atoms with E-state index >= 15 is 0 Å². The van der Waals surface area contributed by atoms with Crippen LogP contribution in [0.2, 0.25) is 0 Å². The third-order valence-corrected chi connectivity index (χ3v) is 5.66. The summed E-state index contributed by atoms with van der Waals surface area (Å²) in [6.45, 7) is 2.58. The van der Waals surface area contributed by atoms with E-state index < -0.39 is 10.8 Å². The number of fused-ring (bicyclic) bond motifs is 1. The maximum Gasteiger partial charge on any atom is 0.178 e. The molecular formula is C12H14FIN2OS2. The number of benzene rings is 1. The van der Waals surface area contributed by atoms with Crippen molar-refractivity contribution in [1.29, 1.82) is 0 Å². The molecule has 1 aromatic carbocycles. The lowest BCUT2D eigenvalue weighted by Crippen LogP contribution is -2.12. The topological polar surface area (TPSA) is 37.8 Å². The summed E-state index contributed by atoms with van der Waals surface area (Å²) in [5, 5.41) is 0.0977. The van der Waals surface area contributed by atoms with E-state index in [9.17, 15) is 8.60 Å². The van der Waals surface area contributed by atoms with Gasteiger partial charge in [0.2, 0.25) is 0 Å². The summed E-state index contributed by atoms with van der Waals surface area (Å²) < 4.78 is 28.0. The molecule has 2 atom stereocenters. The van der Waals surface area contributed by atoms with Crippen LogP contribution >= 0.6 is 34.8 Å². The number of aromatic nitrogens is 2. The van der Waals surface area contributed by atoms with Gasteiger partial charge < -0.3 is 9.55 Å². The number of nitrogens with one attached hydrogen (secondary N) is 1. The van der Waals surface area contributed by atoms with Crippen LogP contribution in [0.25, 0.3) is 11.0 Å². The number of aryl methyl sites for hydroxylation is 1. The number of H-pyrrole nitrogens is 1. The fourth-order valence-corrected chi connectivity index (χ4v) is 3.05. The van der Waals surface area contributed by atoms with Crippen LogP contribution in [0, 0.1) is 14.2 Å². The van der Waals surface area contributed by atoms with Crippen LogP contribution in [0.15, 0.2) is 12.1 Å². The molecule has 0 bridgehead atoms. The quantitative estimate of drug-likeness (QED) is 0.616.